The lowest BCUT2D eigenvalue weighted by Gasteiger charge is -2.10. The third-order valence-corrected chi connectivity index (χ3v) is 3.47. The Kier molecular flexibility index (Phi) is 3.90. The van der Waals surface area contributed by atoms with Crippen molar-refractivity contribution in [3.8, 4) is 11.3 Å². The van der Waals surface area contributed by atoms with Crippen LogP contribution in [-0.4, -0.2) is 25.4 Å². The van der Waals surface area contributed by atoms with Crippen LogP contribution in [0.3, 0.4) is 0 Å². The fourth-order valence-electron chi connectivity index (χ4n) is 2.29. The summed E-state index contributed by atoms with van der Waals surface area (Å²) in [5.41, 5.74) is -2.27. The average molecular weight is 357 g/mol. The van der Waals surface area contributed by atoms with Crippen LogP contribution >= 0.6 is 0 Å². The summed E-state index contributed by atoms with van der Waals surface area (Å²) in [6.45, 7) is 0. The molecule has 0 radical (unpaired) electrons. The van der Waals surface area contributed by atoms with Crippen molar-refractivity contribution in [3.63, 3.8) is 0 Å². The number of aromatic nitrogens is 3. The summed E-state index contributed by atoms with van der Waals surface area (Å²) in [5, 5.41) is 9.06. The molecule has 25 heavy (non-hydrogen) atoms. The van der Waals surface area contributed by atoms with E-state index in [0.717, 1.165) is 41.1 Å². The number of nitrogens with zero attached hydrogens (tertiary/aromatic N) is 3. The first-order chi connectivity index (χ1) is 11.7. The molecule has 0 aliphatic carbocycles. The topological polar surface area (TPSA) is 67.5 Å². The van der Waals surface area contributed by atoms with Gasteiger partial charge in [0.2, 0.25) is 0 Å². The number of halogens is 5. The lowest BCUT2D eigenvalue weighted by molar-refractivity contribution is -0.137. The minimum absolute atomic E-state index is 0.0838. The molecule has 130 valence electrons. The van der Waals surface area contributed by atoms with Gasteiger partial charge in [-0.25, -0.2) is 23.5 Å². The van der Waals surface area contributed by atoms with Gasteiger partial charge in [-0.3, -0.25) is 4.40 Å². The first-order valence-electron chi connectivity index (χ1n) is 6.75. The smallest absolute Gasteiger partial charge is 0.416 e. The van der Waals surface area contributed by atoms with E-state index in [1.165, 1.54) is 0 Å². The average Bonchev–Trinajstić information content (AvgIpc) is 2.97. The summed E-state index contributed by atoms with van der Waals surface area (Å²) in [5.74, 6) is -1.46. The molecule has 0 saturated carbocycles. The van der Waals surface area contributed by atoms with Crippen molar-refractivity contribution >= 4 is 11.6 Å². The highest BCUT2D eigenvalue weighted by Gasteiger charge is 2.30. The van der Waals surface area contributed by atoms with Crippen molar-refractivity contribution in [1.82, 2.24) is 14.4 Å². The van der Waals surface area contributed by atoms with Crippen LogP contribution in [0.4, 0.5) is 22.0 Å². The van der Waals surface area contributed by atoms with Crippen LogP contribution in [0, 0.1) is 0 Å². The molecule has 2 heterocycles. The van der Waals surface area contributed by atoms with Crippen molar-refractivity contribution in [1.29, 1.82) is 0 Å². The molecule has 0 unspecified atom stereocenters. The Morgan fingerprint density at radius 2 is 1.80 bits per heavy atom. The van der Waals surface area contributed by atoms with Gasteiger partial charge in [0.05, 0.1) is 17.0 Å². The monoisotopic (exact) mass is 357 g/mol. The van der Waals surface area contributed by atoms with Crippen LogP contribution in [0.1, 0.15) is 28.2 Å². The molecule has 1 N–H and O–H groups in total. The second kappa shape index (κ2) is 5.80. The van der Waals surface area contributed by atoms with E-state index in [-0.39, 0.29) is 16.9 Å². The van der Waals surface area contributed by atoms with Gasteiger partial charge >= 0.3 is 12.1 Å². The van der Waals surface area contributed by atoms with Crippen LogP contribution in [0.2, 0.25) is 0 Å². The molecule has 0 saturated heterocycles. The number of imidazole rings is 1. The van der Waals surface area contributed by atoms with E-state index in [1.54, 1.807) is 0 Å². The molecule has 3 rings (SSSR count). The highest BCUT2D eigenvalue weighted by atomic mass is 19.4. The highest BCUT2D eigenvalue weighted by Crippen LogP contribution is 2.32. The Labute approximate surface area is 136 Å². The van der Waals surface area contributed by atoms with Crippen LogP contribution < -0.4 is 0 Å². The maximum absolute atomic E-state index is 13.3. The molecule has 10 heteroatoms. The summed E-state index contributed by atoms with van der Waals surface area (Å²) < 4.78 is 65.2. The summed E-state index contributed by atoms with van der Waals surface area (Å²) in [4.78, 5) is 18.6. The van der Waals surface area contributed by atoms with Crippen LogP contribution in [0.25, 0.3) is 16.9 Å². The predicted molar refractivity (Wildman–Crippen MR) is 75.3 cm³/mol. The molecule has 0 atom stereocenters. The number of rotatable bonds is 3. The quantitative estimate of drug-likeness (QED) is 0.718. The highest BCUT2D eigenvalue weighted by molar-refractivity contribution is 5.92. The lowest BCUT2D eigenvalue weighted by atomic mass is 10.1. The second-order valence-electron chi connectivity index (χ2n) is 5.03. The zero-order valence-electron chi connectivity index (χ0n) is 12.1. The minimum atomic E-state index is -4.54. The Morgan fingerprint density at radius 3 is 2.32 bits per heavy atom. The Morgan fingerprint density at radius 1 is 1.16 bits per heavy atom. The van der Waals surface area contributed by atoms with Gasteiger partial charge in [-0.05, 0) is 18.2 Å². The van der Waals surface area contributed by atoms with E-state index in [9.17, 15) is 26.7 Å². The van der Waals surface area contributed by atoms with Crippen LogP contribution in [-0.2, 0) is 6.18 Å². The van der Waals surface area contributed by atoms with E-state index in [1.807, 2.05) is 0 Å². The summed E-state index contributed by atoms with van der Waals surface area (Å²) >= 11 is 0. The second-order valence-corrected chi connectivity index (χ2v) is 5.03. The van der Waals surface area contributed by atoms with Crippen molar-refractivity contribution in [2.45, 2.75) is 12.6 Å². The zero-order chi connectivity index (χ0) is 18.4. The normalized spacial score (nSPS) is 12.1. The number of carboxylic acid groups (broad SMARTS) is 1. The molecule has 5 nitrogen and oxygen atoms in total. The molecule has 3 aromatic rings. The van der Waals surface area contributed by atoms with Crippen molar-refractivity contribution in [2.75, 3.05) is 0 Å². The number of carbonyl (C=O) groups is 1. The van der Waals surface area contributed by atoms with E-state index in [0.29, 0.717) is 0 Å². The van der Waals surface area contributed by atoms with Gasteiger partial charge in [0, 0.05) is 5.56 Å². The van der Waals surface area contributed by atoms with Crippen molar-refractivity contribution < 1.29 is 31.9 Å². The van der Waals surface area contributed by atoms with E-state index < -0.39 is 35.5 Å². The first kappa shape index (κ1) is 16.8. The maximum atomic E-state index is 13.3. The number of carboxylic acids is 1. The van der Waals surface area contributed by atoms with Gasteiger partial charge in [0.1, 0.15) is 6.33 Å². The number of hydrogen-bond acceptors (Lipinski definition) is 3. The van der Waals surface area contributed by atoms with E-state index in [4.69, 9.17) is 5.11 Å². The fourth-order valence-corrected chi connectivity index (χ4v) is 2.29. The molecular formula is C15H8F5N3O2. The van der Waals surface area contributed by atoms with Gasteiger partial charge in [-0.1, -0.05) is 12.1 Å². The van der Waals surface area contributed by atoms with Gasteiger partial charge in [-0.15, -0.1) is 0 Å². The number of benzene rings is 1. The molecule has 0 bridgehead atoms. The number of aromatic carboxylic acids is 1. The minimum Gasteiger partial charge on any atom is -0.476 e. The fraction of sp³-hybridized carbons (Fsp3) is 0.133. The molecule has 2 aromatic heterocycles. The standard InChI is InChI=1S/C15H8F5N3O2/c16-12(17)10-5-9(7-1-3-8(4-2-7)15(18,19)20)22-13-11(14(24)25)21-6-23(10)13/h1-6,12H,(H,24,25). The lowest BCUT2D eigenvalue weighted by Crippen LogP contribution is -2.05. The SMILES string of the molecule is O=C(O)c1ncn2c(C(F)F)cc(-c3ccc(C(F)(F)F)cc3)nc12. The maximum Gasteiger partial charge on any atom is 0.416 e. The zero-order valence-corrected chi connectivity index (χ0v) is 12.1. The van der Waals surface area contributed by atoms with Crippen LogP contribution in [0.5, 0.6) is 0 Å². The molecule has 0 aliphatic heterocycles. The van der Waals surface area contributed by atoms with E-state index in [2.05, 4.69) is 9.97 Å². The molecule has 0 aliphatic rings. The molecule has 0 amide bonds. The van der Waals surface area contributed by atoms with Gasteiger partial charge < -0.3 is 5.11 Å². The van der Waals surface area contributed by atoms with Gasteiger partial charge in [0.15, 0.2) is 11.3 Å². The van der Waals surface area contributed by atoms with Gasteiger partial charge in [0.25, 0.3) is 6.43 Å². The number of hydrogen-bond donors (Lipinski definition) is 1. The number of fused-ring (bicyclic) bond motifs is 1. The summed E-state index contributed by atoms with van der Waals surface area (Å²) in [7, 11) is 0. The first-order valence-corrected chi connectivity index (χ1v) is 6.75. The Bertz CT molecular complexity index is 948. The largest absolute Gasteiger partial charge is 0.476 e. The number of alkyl halides is 5. The molecule has 0 fully saturated rings. The van der Waals surface area contributed by atoms with Crippen LogP contribution in [0.15, 0.2) is 36.7 Å². The summed E-state index contributed by atoms with van der Waals surface area (Å²) in [6, 6.07) is 4.71. The van der Waals surface area contributed by atoms with Crippen molar-refractivity contribution in [2.24, 2.45) is 0 Å². The van der Waals surface area contributed by atoms with Gasteiger partial charge in [-0.2, -0.15) is 13.2 Å². The van der Waals surface area contributed by atoms with Crippen molar-refractivity contribution in [3.05, 3.63) is 53.6 Å². The van der Waals surface area contributed by atoms with E-state index >= 15 is 0 Å². The Hall–Kier alpha value is -3.04. The molecular weight excluding hydrogens is 349 g/mol. The molecule has 0 spiro atoms. The molecule has 1 aromatic carbocycles. The third kappa shape index (κ3) is 3.02. The Balaban J connectivity index is 2.19. The summed E-state index contributed by atoms with van der Waals surface area (Å²) in [6.07, 6.45) is -6.59. The predicted octanol–water partition coefficient (Wildman–Crippen LogP) is 4.05. The third-order valence-electron chi connectivity index (χ3n) is 3.47.